The maximum Gasteiger partial charge on any atom is 0.273 e. The SMILES string of the molecule is CN1N=C(C(=O)Nc2ncccc2O)CCC1=O. The number of hydrogen-bond donors (Lipinski definition) is 2. The van der Waals surface area contributed by atoms with Crippen molar-refractivity contribution < 1.29 is 14.7 Å². The van der Waals surface area contributed by atoms with E-state index in [2.05, 4.69) is 15.4 Å². The number of hydrazone groups is 1. The Balaban J connectivity index is 2.12. The van der Waals surface area contributed by atoms with Crippen molar-refractivity contribution in [3.63, 3.8) is 0 Å². The number of nitrogens with one attached hydrogen (secondary N) is 1. The molecule has 0 aliphatic carbocycles. The van der Waals surface area contributed by atoms with Gasteiger partial charge in [0.15, 0.2) is 11.6 Å². The summed E-state index contributed by atoms with van der Waals surface area (Å²) in [6, 6.07) is 2.97. The van der Waals surface area contributed by atoms with Gasteiger partial charge in [-0.1, -0.05) is 0 Å². The van der Waals surface area contributed by atoms with Gasteiger partial charge in [0.05, 0.1) is 0 Å². The number of anilines is 1. The number of carbonyl (C=O) groups is 2. The highest BCUT2D eigenvalue weighted by atomic mass is 16.3. The summed E-state index contributed by atoms with van der Waals surface area (Å²) in [6.07, 6.45) is 1.98. The summed E-state index contributed by atoms with van der Waals surface area (Å²) in [6.45, 7) is 0. The van der Waals surface area contributed by atoms with Crippen LogP contribution in [0.3, 0.4) is 0 Å². The van der Waals surface area contributed by atoms with Crippen LogP contribution in [0, 0.1) is 0 Å². The Kier molecular flexibility index (Phi) is 3.22. The van der Waals surface area contributed by atoms with Gasteiger partial charge in [-0.3, -0.25) is 9.59 Å². The molecular formula is C11H12N4O3. The summed E-state index contributed by atoms with van der Waals surface area (Å²) in [4.78, 5) is 26.9. The first-order valence-electron chi connectivity index (χ1n) is 5.37. The van der Waals surface area contributed by atoms with E-state index in [0.717, 1.165) is 5.01 Å². The molecule has 1 aliphatic heterocycles. The number of rotatable bonds is 2. The van der Waals surface area contributed by atoms with E-state index in [9.17, 15) is 14.7 Å². The first kappa shape index (κ1) is 12.0. The third-order valence-electron chi connectivity index (χ3n) is 2.49. The molecule has 0 bridgehead atoms. The molecule has 94 valence electrons. The molecule has 0 fully saturated rings. The molecule has 2 rings (SSSR count). The van der Waals surface area contributed by atoms with Crippen molar-refractivity contribution in [2.75, 3.05) is 12.4 Å². The normalized spacial score (nSPS) is 15.3. The summed E-state index contributed by atoms with van der Waals surface area (Å²) in [5.41, 5.74) is 0.238. The number of hydrogen-bond acceptors (Lipinski definition) is 5. The smallest absolute Gasteiger partial charge is 0.273 e. The topological polar surface area (TPSA) is 94.9 Å². The van der Waals surface area contributed by atoms with E-state index in [-0.39, 0.29) is 36.0 Å². The monoisotopic (exact) mass is 248 g/mol. The quantitative estimate of drug-likeness (QED) is 0.788. The molecule has 1 aromatic heterocycles. The van der Waals surface area contributed by atoms with E-state index in [4.69, 9.17) is 0 Å². The van der Waals surface area contributed by atoms with Crippen molar-refractivity contribution in [2.24, 2.45) is 5.10 Å². The number of pyridine rings is 1. The van der Waals surface area contributed by atoms with Gasteiger partial charge in [0, 0.05) is 26.1 Å². The van der Waals surface area contributed by atoms with Crippen LogP contribution in [0.5, 0.6) is 5.75 Å². The van der Waals surface area contributed by atoms with Crippen LogP contribution < -0.4 is 5.32 Å². The largest absolute Gasteiger partial charge is 0.504 e. The van der Waals surface area contributed by atoms with Gasteiger partial charge in [0.2, 0.25) is 5.91 Å². The summed E-state index contributed by atoms with van der Waals surface area (Å²) in [7, 11) is 1.49. The Morgan fingerprint density at radius 1 is 1.50 bits per heavy atom. The lowest BCUT2D eigenvalue weighted by Crippen LogP contribution is -2.34. The van der Waals surface area contributed by atoms with Crippen LogP contribution in [0.1, 0.15) is 12.8 Å². The molecule has 0 unspecified atom stereocenters. The highest BCUT2D eigenvalue weighted by Gasteiger charge is 2.22. The van der Waals surface area contributed by atoms with Crippen molar-refractivity contribution in [3.8, 4) is 5.75 Å². The first-order valence-corrected chi connectivity index (χ1v) is 5.37. The second-order valence-electron chi connectivity index (χ2n) is 3.79. The zero-order valence-corrected chi connectivity index (χ0v) is 9.75. The maximum absolute atomic E-state index is 11.8. The Hall–Kier alpha value is -2.44. The Bertz CT molecular complexity index is 527. The average molecular weight is 248 g/mol. The van der Waals surface area contributed by atoms with E-state index >= 15 is 0 Å². The molecule has 1 aromatic rings. The fourth-order valence-corrected chi connectivity index (χ4v) is 1.51. The molecule has 0 atom stereocenters. The molecule has 7 nitrogen and oxygen atoms in total. The number of nitrogens with zero attached hydrogens (tertiary/aromatic N) is 3. The highest BCUT2D eigenvalue weighted by molar-refractivity contribution is 6.43. The van der Waals surface area contributed by atoms with Gasteiger partial charge in [-0.15, -0.1) is 0 Å². The van der Waals surface area contributed by atoms with Crippen molar-refractivity contribution in [3.05, 3.63) is 18.3 Å². The summed E-state index contributed by atoms with van der Waals surface area (Å²) < 4.78 is 0. The highest BCUT2D eigenvalue weighted by Crippen LogP contribution is 2.18. The maximum atomic E-state index is 11.8. The van der Waals surface area contributed by atoms with E-state index in [0.29, 0.717) is 0 Å². The van der Waals surface area contributed by atoms with E-state index in [1.165, 1.54) is 19.3 Å². The molecule has 2 heterocycles. The van der Waals surface area contributed by atoms with Crippen LogP contribution in [-0.2, 0) is 9.59 Å². The van der Waals surface area contributed by atoms with Crippen molar-refractivity contribution >= 4 is 23.3 Å². The molecule has 0 aromatic carbocycles. The third kappa shape index (κ3) is 2.45. The predicted molar refractivity (Wildman–Crippen MR) is 64.0 cm³/mol. The van der Waals surface area contributed by atoms with E-state index in [1.807, 2.05) is 0 Å². The van der Waals surface area contributed by atoms with E-state index < -0.39 is 5.91 Å². The van der Waals surface area contributed by atoms with E-state index in [1.54, 1.807) is 6.07 Å². The molecule has 7 heteroatoms. The Morgan fingerprint density at radius 3 is 2.94 bits per heavy atom. The average Bonchev–Trinajstić information content (AvgIpc) is 2.35. The molecular weight excluding hydrogens is 236 g/mol. The van der Waals surface area contributed by atoms with Crippen molar-refractivity contribution in [2.45, 2.75) is 12.8 Å². The zero-order chi connectivity index (χ0) is 13.1. The molecule has 18 heavy (non-hydrogen) atoms. The Morgan fingerprint density at radius 2 is 2.28 bits per heavy atom. The number of carbonyl (C=O) groups excluding carboxylic acids is 2. The molecule has 2 N–H and O–H groups in total. The van der Waals surface area contributed by atoms with Crippen LogP contribution in [0.4, 0.5) is 5.82 Å². The molecule has 1 aliphatic rings. The lowest BCUT2D eigenvalue weighted by atomic mass is 10.1. The summed E-state index contributed by atoms with van der Waals surface area (Å²) in [5, 5.41) is 16.9. The lowest BCUT2D eigenvalue weighted by Gasteiger charge is -2.18. The van der Waals surface area contributed by atoms with Gasteiger partial charge in [-0.25, -0.2) is 9.99 Å². The van der Waals surface area contributed by atoms with Gasteiger partial charge < -0.3 is 10.4 Å². The summed E-state index contributed by atoms with van der Waals surface area (Å²) in [5.74, 6) is -0.646. The second-order valence-corrected chi connectivity index (χ2v) is 3.79. The second kappa shape index (κ2) is 4.82. The fraction of sp³-hybridized carbons (Fsp3) is 0.273. The minimum Gasteiger partial charge on any atom is -0.504 e. The number of aromatic hydroxyl groups is 1. The lowest BCUT2D eigenvalue weighted by molar-refractivity contribution is -0.130. The van der Waals surface area contributed by atoms with Gasteiger partial charge in [-0.05, 0) is 12.1 Å². The third-order valence-corrected chi connectivity index (χ3v) is 2.49. The molecule has 0 spiro atoms. The van der Waals surface area contributed by atoms with Crippen LogP contribution in [0.25, 0.3) is 0 Å². The van der Waals surface area contributed by atoms with Crippen LogP contribution in [-0.4, -0.2) is 39.7 Å². The molecule has 0 saturated heterocycles. The zero-order valence-electron chi connectivity index (χ0n) is 9.75. The Labute approximate surface area is 103 Å². The predicted octanol–water partition coefficient (Wildman–Crippen LogP) is 0.334. The number of aromatic nitrogens is 1. The molecule has 0 radical (unpaired) electrons. The van der Waals surface area contributed by atoms with Crippen LogP contribution in [0.2, 0.25) is 0 Å². The minimum atomic E-state index is -0.469. The van der Waals surface area contributed by atoms with Crippen molar-refractivity contribution in [1.82, 2.24) is 9.99 Å². The first-order chi connectivity index (χ1) is 8.58. The summed E-state index contributed by atoms with van der Waals surface area (Å²) >= 11 is 0. The van der Waals surface area contributed by atoms with Gasteiger partial charge in [0.25, 0.3) is 5.91 Å². The van der Waals surface area contributed by atoms with Crippen LogP contribution >= 0.6 is 0 Å². The number of amides is 2. The molecule has 2 amide bonds. The van der Waals surface area contributed by atoms with Gasteiger partial charge in [-0.2, -0.15) is 5.10 Å². The standard InChI is InChI=1S/C11H12N4O3/c1-15-9(17)5-4-7(14-15)11(18)13-10-8(16)3-2-6-12-10/h2-3,6,16H,4-5H2,1H3,(H,12,13,18). The van der Waals surface area contributed by atoms with Gasteiger partial charge in [0.1, 0.15) is 5.71 Å². The molecule has 0 saturated carbocycles. The van der Waals surface area contributed by atoms with Gasteiger partial charge >= 0.3 is 0 Å². The van der Waals surface area contributed by atoms with Crippen LogP contribution in [0.15, 0.2) is 23.4 Å². The minimum absolute atomic E-state index is 0.0738. The fourth-order valence-electron chi connectivity index (χ4n) is 1.51. The van der Waals surface area contributed by atoms with Crippen molar-refractivity contribution in [1.29, 1.82) is 0 Å².